The van der Waals surface area contributed by atoms with Crippen LogP contribution < -0.4 is 10.6 Å². The second-order valence-electron chi connectivity index (χ2n) is 6.26. The van der Waals surface area contributed by atoms with Crippen LogP contribution in [-0.4, -0.2) is 16.8 Å². The number of carbonyl (C=O) groups is 2. The number of hydrogen-bond donors (Lipinski definition) is 2. The Labute approximate surface area is 165 Å². The van der Waals surface area contributed by atoms with Crippen LogP contribution >= 0.6 is 11.3 Å². The van der Waals surface area contributed by atoms with Crippen molar-refractivity contribution in [2.24, 2.45) is 0 Å². The Balaban J connectivity index is 1.56. The molecule has 0 atom stereocenters. The third-order valence-corrected chi connectivity index (χ3v) is 5.28. The number of nitrogens with zero attached hydrogens (tertiary/aromatic N) is 1. The van der Waals surface area contributed by atoms with E-state index in [0.29, 0.717) is 17.1 Å². The average Bonchev–Trinajstić information content (AvgIpc) is 3.31. The monoisotopic (exact) mass is 391 g/mol. The van der Waals surface area contributed by atoms with E-state index in [-0.39, 0.29) is 17.6 Å². The summed E-state index contributed by atoms with van der Waals surface area (Å²) in [4.78, 5) is 28.5. The number of hydrogen-bond acceptors (Lipinski definition) is 5. The van der Waals surface area contributed by atoms with Crippen molar-refractivity contribution in [1.29, 1.82) is 0 Å². The molecule has 6 nitrogen and oxygen atoms in total. The van der Waals surface area contributed by atoms with Gasteiger partial charge in [0.25, 0.3) is 5.91 Å². The van der Waals surface area contributed by atoms with Gasteiger partial charge in [0.15, 0.2) is 16.5 Å². The number of carbonyl (C=O) groups excluding carboxylic acids is 2. The van der Waals surface area contributed by atoms with Crippen LogP contribution in [0.1, 0.15) is 23.0 Å². The zero-order valence-electron chi connectivity index (χ0n) is 15.3. The number of benzene rings is 2. The Hall–Kier alpha value is -3.45. The van der Waals surface area contributed by atoms with Crippen molar-refractivity contribution in [1.82, 2.24) is 4.98 Å². The number of anilines is 2. The number of nitrogens with one attached hydrogen (secondary N) is 2. The smallest absolute Gasteiger partial charge is 0.291 e. The van der Waals surface area contributed by atoms with Crippen LogP contribution in [0.5, 0.6) is 0 Å². The molecule has 0 aliphatic carbocycles. The van der Waals surface area contributed by atoms with Gasteiger partial charge in [-0.15, -0.1) is 11.3 Å². The van der Waals surface area contributed by atoms with E-state index in [4.69, 9.17) is 4.42 Å². The highest BCUT2D eigenvalue weighted by molar-refractivity contribution is 7.21. The van der Waals surface area contributed by atoms with Crippen molar-refractivity contribution in [2.75, 3.05) is 10.6 Å². The standard InChI is InChI=1S/C21H17N3O3S/c1-12-14(22-13(2)25)7-5-8-15(12)23-20(26)17-10-11-18(27-17)21-24-16-6-3-4-9-19(16)28-21/h3-11H,1-2H3,(H,22,25)(H,23,26). The third kappa shape index (κ3) is 3.52. The molecule has 0 bridgehead atoms. The maximum atomic E-state index is 12.6. The second-order valence-corrected chi connectivity index (χ2v) is 7.29. The van der Waals surface area contributed by atoms with Crippen molar-refractivity contribution in [3.05, 3.63) is 65.9 Å². The van der Waals surface area contributed by atoms with E-state index in [2.05, 4.69) is 15.6 Å². The first-order valence-corrected chi connectivity index (χ1v) is 9.47. The molecule has 0 unspecified atom stereocenters. The Kier molecular flexibility index (Phi) is 4.67. The first-order chi connectivity index (χ1) is 13.5. The van der Waals surface area contributed by atoms with E-state index in [1.807, 2.05) is 31.2 Å². The van der Waals surface area contributed by atoms with Crippen molar-refractivity contribution < 1.29 is 14.0 Å². The van der Waals surface area contributed by atoms with Crippen molar-refractivity contribution >= 4 is 44.7 Å². The lowest BCUT2D eigenvalue weighted by molar-refractivity contribution is -0.114. The maximum absolute atomic E-state index is 12.6. The van der Waals surface area contributed by atoms with Crippen LogP contribution in [0.25, 0.3) is 21.0 Å². The average molecular weight is 391 g/mol. The molecular formula is C21H17N3O3S. The molecule has 28 heavy (non-hydrogen) atoms. The normalized spacial score (nSPS) is 10.8. The molecule has 4 rings (SSSR count). The van der Waals surface area contributed by atoms with E-state index in [1.165, 1.54) is 18.3 Å². The predicted molar refractivity (Wildman–Crippen MR) is 111 cm³/mol. The summed E-state index contributed by atoms with van der Waals surface area (Å²) in [6, 6.07) is 16.5. The summed E-state index contributed by atoms with van der Waals surface area (Å²) in [6.45, 7) is 3.27. The molecule has 0 saturated heterocycles. The Morgan fingerprint density at radius 3 is 2.46 bits per heavy atom. The zero-order chi connectivity index (χ0) is 19.7. The number of thiazole rings is 1. The van der Waals surface area contributed by atoms with E-state index in [1.54, 1.807) is 30.3 Å². The summed E-state index contributed by atoms with van der Waals surface area (Å²) in [7, 11) is 0. The Morgan fingerprint density at radius 2 is 1.71 bits per heavy atom. The number of furan rings is 1. The van der Waals surface area contributed by atoms with E-state index in [0.717, 1.165) is 20.8 Å². The van der Waals surface area contributed by atoms with Crippen molar-refractivity contribution in [3.63, 3.8) is 0 Å². The molecule has 2 aromatic carbocycles. The van der Waals surface area contributed by atoms with Crippen LogP contribution in [0.15, 0.2) is 59.0 Å². The number of fused-ring (bicyclic) bond motifs is 1. The quantitative estimate of drug-likeness (QED) is 0.508. The van der Waals surface area contributed by atoms with Gasteiger partial charge in [0.1, 0.15) is 0 Å². The van der Waals surface area contributed by atoms with Crippen LogP contribution in [-0.2, 0) is 4.79 Å². The van der Waals surface area contributed by atoms with E-state index in [9.17, 15) is 9.59 Å². The molecule has 2 amide bonds. The summed E-state index contributed by atoms with van der Waals surface area (Å²) in [6.07, 6.45) is 0. The van der Waals surface area contributed by atoms with Gasteiger partial charge in [0.2, 0.25) is 5.91 Å². The molecule has 4 aromatic rings. The van der Waals surface area contributed by atoms with Crippen LogP contribution in [0, 0.1) is 6.92 Å². The molecule has 0 fully saturated rings. The molecule has 0 saturated carbocycles. The van der Waals surface area contributed by atoms with Crippen LogP contribution in [0.4, 0.5) is 11.4 Å². The summed E-state index contributed by atoms with van der Waals surface area (Å²) < 4.78 is 6.79. The lowest BCUT2D eigenvalue weighted by atomic mass is 10.1. The molecule has 2 heterocycles. The fourth-order valence-corrected chi connectivity index (χ4v) is 3.76. The third-order valence-electron chi connectivity index (χ3n) is 4.23. The first-order valence-electron chi connectivity index (χ1n) is 8.65. The van der Waals surface area contributed by atoms with E-state index >= 15 is 0 Å². The van der Waals surface area contributed by atoms with Gasteiger partial charge in [0.05, 0.1) is 10.2 Å². The largest absolute Gasteiger partial charge is 0.448 e. The minimum atomic E-state index is -0.365. The molecule has 2 N–H and O–H groups in total. The van der Waals surface area contributed by atoms with Gasteiger partial charge >= 0.3 is 0 Å². The summed E-state index contributed by atoms with van der Waals surface area (Å²) >= 11 is 1.51. The topological polar surface area (TPSA) is 84.2 Å². The van der Waals surface area contributed by atoms with Crippen molar-refractivity contribution in [2.45, 2.75) is 13.8 Å². The van der Waals surface area contributed by atoms with Gasteiger partial charge in [-0.25, -0.2) is 4.98 Å². The molecule has 0 spiro atoms. The molecular weight excluding hydrogens is 374 g/mol. The van der Waals surface area contributed by atoms with Gasteiger partial charge < -0.3 is 15.1 Å². The number of para-hydroxylation sites is 1. The minimum absolute atomic E-state index is 0.168. The summed E-state index contributed by atoms with van der Waals surface area (Å²) in [5.74, 6) is 0.210. The number of rotatable bonds is 4. The number of aromatic nitrogens is 1. The highest BCUT2D eigenvalue weighted by atomic mass is 32.1. The van der Waals surface area contributed by atoms with Crippen LogP contribution in [0.3, 0.4) is 0 Å². The maximum Gasteiger partial charge on any atom is 0.291 e. The molecule has 0 radical (unpaired) electrons. The number of amides is 2. The van der Waals surface area contributed by atoms with Crippen molar-refractivity contribution in [3.8, 4) is 10.8 Å². The van der Waals surface area contributed by atoms with Gasteiger partial charge in [0, 0.05) is 18.3 Å². The molecule has 0 aliphatic rings. The summed E-state index contributed by atoms with van der Waals surface area (Å²) in [5.41, 5.74) is 2.92. The first kappa shape index (κ1) is 17.9. The zero-order valence-corrected chi connectivity index (χ0v) is 16.1. The fraction of sp³-hybridized carbons (Fsp3) is 0.0952. The lowest BCUT2D eigenvalue weighted by Gasteiger charge is -2.12. The highest BCUT2D eigenvalue weighted by Crippen LogP contribution is 2.31. The van der Waals surface area contributed by atoms with Gasteiger partial charge in [-0.05, 0) is 48.9 Å². The Bertz CT molecular complexity index is 1160. The minimum Gasteiger partial charge on any atom is -0.448 e. The summed E-state index contributed by atoms with van der Waals surface area (Å²) in [5, 5.41) is 6.30. The SMILES string of the molecule is CC(=O)Nc1cccc(NC(=O)c2ccc(-c3nc4ccccc4s3)o2)c1C. The highest BCUT2D eigenvalue weighted by Gasteiger charge is 2.16. The van der Waals surface area contributed by atoms with Gasteiger partial charge in [-0.3, -0.25) is 9.59 Å². The predicted octanol–water partition coefficient (Wildman–Crippen LogP) is 5.08. The van der Waals surface area contributed by atoms with E-state index < -0.39 is 0 Å². The molecule has 0 aliphatic heterocycles. The fourth-order valence-electron chi connectivity index (χ4n) is 2.83. The van der Waals surface area contributed by atoms with Crippen LogP contribution in [0.2, 0.25) is 0 Å². The molecule has 140 valence electrons. The van der Waals surface area contributed by atoms with Gasteiger partial charge in [-0.2, -0.15) is 0 Å². The molecule has 7 heteroatoms. The molecule has 2 aromatic heterocycles. The lowest BCUT2D eigenvalue weighted by Crippen LogP contribution is -2.13. The van der Waals surface area contributed by atoms with Gasteiger partial charge in [-0.1, -0.05) is 18.2 Å². The Morgan fingerprint density at radius 1 is 0.964 bits per heavy atom. The second kappa shape index (κ2) is 7.28.